The lowest BCUT2D eigenvalue weighted by Crippen LogP contribution is -2.07. The topological polar surface area (TPSA) is 24.9 Å². The fourth-order valence-electron chi connectivity index (χ4n) is 2.33. The first-order chi connectivity index (χ1) is 7.61. The predicted molar refractivity (Wildman–Crippen MR) is 68.7 cm³/mol. The Kier molecular flexibility index (Phi) is 2.92. The van der Waals surface area contributed by atoms with Crippen molar-refractivity contribution in [1.82, 2.24) is 10.3 Å². The van der Waals surface area contributed by atoms with Crippen molar-refractivity contribution in [3.8, 4) is 0 Å². The van der Waals surface area contributed by atoms with Crippen molar-refractivity contribution >= 4 is 10.9 Å². The molecule has 1 heterocycles. The highest BCUT2D eigenvalue weighted by Gasteiger charge is 2.06. The zero-order valence-electron chi connectivity index (χ0n) is 10.4. The molecule has 84 valence electrons. The summed E-state index contributed by atoms with van der Waals surface area (Å²) in [6, 6.07) is 6.55. The Hall–Kier alpha value is -1.41. The molecule has 0 fully saturated rings. The third-order valence-electron chi connectivity index (χ3n) is 2.83. The van der Waals surface area contributed by atoms with Gasteiger partial charge in [0.25, 0.3) is 0 Å². The second kappa shape index (κ2) is 4.22. The van der Waals surface area contributed by atoms with E-state index in [0.717, 1.165) is 17.8 Å². The van der Waals surface area contributed by atoms with Crippen LogP contribution in [0.1, 0.15) is 22.4 Å². The Morgan fingerprint density at radius 2 is 1.88 bits per heavy atom. The lowest BCUT2D eigenvalue weighted by atomic mass is 10.0. The quantitative estimate of drug-likeness (QED) is 0.831. The number of nitrogens with one attached hydrogen (secondary N) is 1. The average Bonchev–Trinajstić information content (AvgIpc) is 2.15. The molecule has 1 N–H and O–H groups in total. The van der Waals surface area contributed by atoms with Crippen molar-refractivity contribution in [3.05, 3.63) is 40.6 Å². The first-order valence-corrected chi connectivity index (χ1v) is 5.64. The molecular weight excluding hydrogens is 196 g/mol. The minimum Gasteiger partial charge on any atom is -0.316 e. The van der Waals surface area contributed by atoms with Crippen LogP contribution < -0.4 is 5.32 Å². The van der Waals surface area contributed by atoms with Crippen LogP contribution >= 0.6 is 0 Å². The van der Waals surface area contributed by atoms with E-state index in [1.54, 1.807) is 0 Å². The summed E-state index contributed by atoms with van der Waals surface area (Å²) in [7, 11) is 1.98. The molecule has 0 aliphatic carbocycles. The minimum absolute atomic E-state index is 0.893. The number of fused-ring (bicyclic) bond motifs is 1. The number of benzene rings is 1. The minimum atomic E-state index is 0.893. The molecule has 1 aromatic carbocycles. The summed E-state index contributed by atoms with van der Waals surface area (Å²) in [6.07, 6.45) is 0. The molecule has 2 rings (SSSR count). The van der Waals surface area contributed by atoms with Gasteiger partial charge in [-0.2, -0.15) is 0 Å². The zero-order chi connectivity index (χ0) is 11.7. The summed E-state index contributed by atoms with van der Waals surface area (Å²) in [6.45, 7) is 7.22. The Balaban J connectivity index is 2.78. The number of aryl methyl sites for hydroxylation is 3. The molecule has 2 heteroatoms. The standard InChI is InChI=1S/C14H18N2/c1-9-5-10(2)14-12(8-15-4)7-11(3)16-13(14)6-9/h5-7,15H,8H2,1-4H3. The van der Waals surface area contributed by atoms with Crippen molar-refractivity contribution in [3.63, 3.8) is 0 Å². The van der Waals surface area contributed by atoms with E-state index in [1.807, 2.05) is 7.05 Å². The maximum atomic E-state index is 4.61. The van der Waals surface area contributed by atoms with E-state index in [2.05, 4.69) is 49.3 Å². The molecule has 0 saturated carbocycles. The van der Waals surface area contributed by atoms with E-state index in [1.165, 1.54) is 22.1 Å². The summed E-state index contributed by atoms with van der Waals surface area (Å²) >= 11 is 0. The molecule has 0 radical (unpaired) electrons. The van der Waals surface area contributed by atoms with Crippen molar-refractivity contribution in [2.75, 3.05) is 7.05 Å². The van der Waals surface area contributed by atoms with Crippen molar-refractivity contribution in [2.45, 2.75) is 27.3 Å². The van der Waals surface area contributed by atoms with E-state index in [0.29, 0.717) is 0 Å². The second-order valence-corrected chi connectivity index (χ2v) is 4.43. The Morgan fingerprint density at radius 3 is 2.56 bits per heavy atom. The van der Waals surface area contributed by atoms with Gasteiger partial charge in [0.1, 0.15) is 0 Å². The molecule has 0 bridgehead atoms. The van der Waals surface area contributed by atoms with Crippen LogP contribution in [0.5, 0.6) is 0 Å². The Bertz CT molecular complexity index is 524. The third kappa shape index (κ3) is 1.93. The monoisotopic (exact) mass is 214 g/mol. The first kappa shape index (κ1) is 11.1. The number of pyridine rings is 1. The van der Waals surface area contributed by atoms with E-state index < -0.39 is 0 Å². The third-order valence-corrected chi connectivity index (χ3v) is 2.83. The van der Waals surface area contributed by atoms with Gasteiger partial charge in [0.2, 0.25) is 0 Å². The number of hydrogen-bond donors (Lipinski definition) is 1. The normalized spacial score (nSPS) is 11.0. The molecule has 0 aliphatic heterocycles. The van der Waals surface area contributed by atoms with Crippen LogP contribution in [0.25, 0.3) is 10.9 Å². The van der Waals surface area contributed by atoms with E-state index in [-0.39, 0.29) is 0 Å². The van der Waals surface area contributed by atoms with Crippen LogP contribution in [0.3, 0.4) is 0 Å². The molecule has 0 aliphatic rings. The molecule has 1 aromatic heterocycles. The molecular formula is C14H18N2. The van der Waals surface area contributed by atoms with Gasteiger partial charge in [-0.1, -0.05) is 6.07 Å². The molecule has 0 unspecified atom stereocenters. The van der Waals surface area contributed by atoms with Gasteiger partial charge in [0, 0.05) is 17.6 Å². The number of rotatable bonds is 2. The Labute approximate surface area is 96.7 Å². The molecule has 0 spiro atoms. The largest absolute Gasteiger partial charge is 0.316 e. The molecule has 0 amide bonds. The van der Waals surface area contributed by atoms with Crippen LogP contribution in [0.15, 0.2) is 18.2 Å². The second-order valence-electron chi connectivity index (χ2n) is 4.43. The van der Waals surface area contributed by atoms with Crippen molar-refractivity contribution in [1.29, 1.82) is 0 Å². The van der Waals surface area contributed by atoms with Crippen LogP contribution in [0, 0.1) is 20.8 Å². The number of nitrogens with zero attached hydrogens (tertiary/aromatic N) is 1. The van der Waals surface area contributed by atoms with Crippen molar-refractivity contribution in [2.24, 2.45) is 0 Å². The van der Waals surface area contributed by atoms with Gasteiger partial charge in [-0.15, -0.1) is 0 Å². The Morgan fingerprint density at radius 1 is 1.12 bits per heavy atom. The van der Waals surface area contributed by atoms with Crippen LogP contribution in [-0.2, 0) is 6.54 Å². The van der Waals surface area contributed by atoms with Crippen molar-refractivity contribution < 1.29 is 0 Å². The van der Waals surface area contributed by atoms with E-state index in [9.17, 15) is 0 Å². The number of aromatic nitrogens is 1. The van der Waals surface area contributed by atoms with Gasteiger partial charge in [-0.25, -0.2) is 0 Å². The van der Waals surface area contributed by atoms with Gasteiger partial charge in [0.15, 0.2) is 0 Å². The molecule has 16 heavy (non-hydrogen) atoms. The van der Waals surface area contributed by atoms with Crippen LogP contribution in [-0.4, -0.2) is 12.0 Å². The highest BCUT2D eigenvalue weighted by molar-refractivity contribution is 5.86. The molecule has 2 nitrogen and oxygen atoms in total. The highest BCUT2D eigenvalue weighted by atomic mass is 14.8. The van der Waals surface area contributed by atoms with Gasteiger partial charge in [-0.3, -0.25) is 4.98 Å². The lowest BCUT2D eigenvalue weighted by Gasteiger charge is -2.11. The van der Waals surface area contributed by atoms with Gasteiger partial charge in [0.05, 0.1) is 5.52 Å². The maximum absolute atomic E-state index is 4.61. The fourth-order valence-corrected chi connectivity index (χ4v) is 2.33. The van der Waals surface area contributed by atoms with Gasteiger partial charge in [-0.05, 0) is 56.6 Å². The molecule has 2 aromatic rings. The molecule has 0 saturated heterocycles. The summed E-state index contributed by atoms with van der Waals surface area (Å²) < 4.78 is 0. The van der Waals surface area contributed by atoms with E-state index in [4.69, 9.17) is 0 Å². The SMILES string of the molecule is CNCc1cc(C)nc2cc(C)cc(C)c12. The molecule has 0 atom stereocenters. The lowest BCUT2D eigenvalue weighted by molar-refractivity contribution is 0.821. The summed E-state index contributed by atoms with van der Waals surface area (Å²) in [5.74, 6) is 0. The first-order valence-electron chi connectivity index (χ1n) is 5.64. The fraction of sp³-hybridized carbons (Fsp3) is 0.357. The van der Waals surface area contributed by atoms with Gasteiger partial charge >= 0.3 is 0 Å². The van der Waals surface area contributed by atoms with Crippen LogP contribution in [0.2, 0.25) is 0 Å². The average molecular weight is 214 g/mol. The maximum Gasteiger partial charge on any atom is 0.0713 e. The zero-order valence-corrected chi connectivity index (χ0v) is 10.4. The summed E-state index contributed by atoms with van der Waals surface area (Å²) in [5.41, 5.74) is 6.12. The summed E-state index contributed by atoms with van der Waals surface area (Å²) in [4.78, 5) is 4.61. The summed E-state index contributed by atoms with van der Waals surface area (Å²) in [5, 5.41) is 4.51. The number of hydrogen-bond acceptors (Lipinski definition) is 2. The van der Waals surface area contributed by atoms with Gasteiger partial charge < -0.3 is 5.32 Å². The van der Waals surface area contributed by atoms with E-state index >= 15 is 0 Å². The smallest absolute Gasteiger partial charge is 0.0713 e. The predicted octanol–water partition coefficient (Wildman–Crippen LogP) is 2.88. The highest BCUT2D eigenvalue weighted by Crippen LogP contribution is 2.23. The van der Waals surface area contributed by atoms with Crippen LogP contribution in [0.4, 0.5) is 0 Å².